The Morgan fingerprint density at radius 2 is 2.12 bits per heavy atom. The molecule has 0 radical (unpaired) electrons. The average Bonchev–Trinajstić information content (AvgIpc) is 2.35. The summed E-state index contributed by atoms with van der Waals surface area (Å²) in [4.78, 5) is 10.4. The van der Waals surface area contributed by atoms with Crippen molar-refractivity contribution in [3.8, 4) is 11.8 Å². The summed E-state index contributed by atoms with van der Waals surface area (Å²) in [5.74, 6) is 0.795. The van der Waals surface area contributed by atoms with E-state index in [2.05, 4.69) is 0 Å². The lowest BCUT2D eigenvalue weighted by Gasteiger charge is -2.03. The van der Waals surface area contributed by atoms with Gasteiger partial charge in [-0.05, 0) is 30.2 Å². The molecule has 0 aliphatic carbocycles. The molecule has 0 spiro atoms. The molecule has 0 saturated heterocycles. The number of ether oxygens (including phenoxy) is 1. The number of benzene rings is 1. The van der Waals surface area contributed by atoms with Crippen LogP contribution in [0.4, 0.5) is 0 Å². The largest absolute Gasteiger partial charge is 0.494 e. The van der Waals surface area contributed by atoms with E-state index in [1.807, 2.05) is 37.3 Å². The number of carbonyl (C=O) groups is 1. The van der Waals surface area contributed by atoms with Crippen molar-refractivity contribution < 1.29 is 9.53 Å². The molecule has 0 aliphatic heterocycles. The number of hydrogen-bond acceptors (Lipinski definition) is 3. The smallest absolute Gasteiger partial charge is 0.160 e. The summed E-state index contributed by atoms with van der Waals surface area (Å²) in [6.45, 7) is 2.73. The van der Waals surface area contributed by atoms with Gasteiger partial charge in [0.2, 0.25) is 0 Å². The maximum absolute atomic E-state index is 10.4. The summed E-state index contributed by atoms with van der Waals surface area (Å²) in [5.41, 5.74) is 0.926. The molecule has 16 heavy (non-hydrogen) atoms. The summed E-state index contributed by atoms with van der Waals surface area (Å²) >= 11 is 0. The predicted molar refractivity (Wildman–Crippen MR) is 61.9 cm³/mol. The van der Waals surface area contributed by atoms with Crippen LogP contribution in [0, 0.1) is 11.3 Å². The first-order valence-electron chi connectivity index (χ1n) is 5.10. The van der Waals surface area contributed by atoms with Crippen LogP contribution in [-0.2, 0) is 4.79 Å². The fourth-order valence-corrected chi connectivity index (χ4v) is 1.15. The van der Waals surface area contributed by atoms with Crippen molar-refractivity contribution in [2.75, 3.05) is 6.61 Å². The van der Waals surface area contributed by atoms with Gasteiger partial charge in [-0.3, -0.25) is 4.79 Å². The van der Waals surface area contributed by atoms with Gasteiger partial charge in [-0.1, -0.05) is 19.1 Å². The quantitative estimate of drug-likeness (QED) is 0.431. The van der Waals surface area contributed by atoms with Crippen LogP contribution in [0.5, 0.6) is 5.75 Å². The summed E-state index contributed by atoms with van der Waals surface area (Å²) in [6, 6.07) is 9.08. The van der Waals surface area contributed by atoms with Crippen molar-refractivity contribution in [3.05, 3.63) is 35.4 Å². The van der Waals surface area contributed by atoms with Gasteiger partial charge in [0, 0.05) is 0 Å². The summed E-state index contributed by atoms with van der Waals surface area (Å²) < 4.78 is 5.41. The minimum absolute atomic E-state index is 0.113. The summed E-state index contributed by atoms with van der Waals surface area (Å²) in [6.07, 6.45) is 3.05. The fourth-order valence-electron chi connectivity index (χ4n) is 1.15. The van der Waals surface area contributed by atoms with Gasteiger partial charge in [0.15, 0.2) is 6.29 Å². The van der Waals surface area contributed by atoms with E-state index < -0.39 is 0 Å². The maximum atomic E-state index is 10.4. The van der Waals surface area contributed by atoms with Crippen LogP contribution in [0.15, 0.2) is 29.8 Å². The molecule has 3 nitrogen and oxygen atoms in total. The Morgan fingerprint density at radius 1 is 1.44 bits per heavy atom. The van der Waals surface area contributed by atoms with Crippen LogP contribution in [0.1, 0.15) is 18.9 Å². The third-order valence-electron chi connectivity index (χ3n) is 1.93. The number of hydrogen-bond donors (Lipinski definition) is 0. The van der Waals surface area contributed by atoms with Crippen LogP contribution in [0.3, 0.4) is 0 Å². The molecule has 0 N–H and O–H groups in total. The number of rotatable bonds is 5. The van der Waals surface area contributed by atoms with Crippen molar-refractivity contribution in [1.82, 2.24) is 0 Å². The van der Waals surface area contributed by atoms with Crippen molar-refractivity contribution in [1.29, 1.82) is 5.26 Å². The van der Waals surface area contributed by atoms with Crippen molar-refractivity contribution in [2.24, 2.45) is 0 Å². The van der Waals surface area contributed by atoms with Crippen LogP contribution in [-0.4, -0.2) is 12.9 Å². The molecular weight excluding hydrogens is 202 g/mol. The lowest BCUT2D eigenvalue weighted by molar-refractivity contribution is -0.104. The average molecular weight is 215 g/mol. The Morgan fingerprint density at radius 3 is 2.62 bits per heavy atom. The van der Waals surface area contributed by atoms with E-state index in [9.17, 15) is 4.79 Å². The van der Waals surface area contributed by atoms with E-state index in [1.165, 1.54) is 6.08 Å². The molecule has 1 aromatic carbocycles. The lowest BCUT2D eigenvalue weighted by atomic mass is 10.1. The summed E-state index contributed by atoms with van der Waals surface area (Å²) in [5, 5.41) is 8.58. The molecule has 0 unspecified atom stereocenters. The van der Waals surface area contributed by atoms with Gasteiger partial charge in [0.05, 0.1) is 12.2 Å². The van der Waals surface area contributed by atoms with E-state index in [1.54, 1.807) is 0 Å². The minimum Gasteiger partial charge on any atom is -0.494 e. The van der Waals surface area contributed by atoms with Crippen LogP contribution in [0.25, 0.3) is 6.08 Å². The number of carbonyl (C=O) groups excluding carboxylic acids is 1. The molecular formula is C13H13NO2. The topological polar surface area (TPSA) is 50.1 Å². The molecule has 0 bridgehead atoms. The highest BCUT2D eigenvalue weighted by Gasteiger charge is 1.95. The zero-order chi connectivity index (χ0) is 11.8. The van der Waals surface area contributed by atoms with Crippen molar-refractivity contribution >= 4 is 12.4 Å². The van der Waals surface area contributed by atoms with E-state index in [0.29, 0.717) is 12.9 Å². The highest BCUT2D eigenvalue weighted by atomic mass is 16.5. The standard InChI is InChI=1S/C13H13NO2/c1-2-7-16-13-5-3-11(4-6-13)8-12(9-14)10-15/h3-6,8,10H,2,7H2,1H3/b12-8+. The zero-order valence-corrected chi connectivity index (χ0v) is 9.14. The highest BCUT2D eigenvalue weighted by Crippen LogP contribution is 2.14. The molecule has 1 rings (SSSR count). The van der Waals surface area contributed by atoms with Crippen LogP contribution in [0.2, 0.25) is 0 Å². The first-order chi connectivity index (χ1) is 7.80. The molecule has 0 amide bonds. The predicted octanol–water partition coefficient (Wildman–Crippen LogP) is 2.58. The Balaban J connectivity index is 2.75. The molecule has 1 aromatic rings. The third-order valence-corrected chi connectivity index (χ3v) is 1.93. The molecule has 0 atom stereocenters. The normalized spacial score (nSPS) is 10.6. The summed E-state index contributed by atoms with van der Waals surface area (Å²) in [7, 11) is 0. The third kappa shape index (κ3) is 3.58. The van der Waals surface area contributed by atoms with Gasteiger partial charge in [0.25, 0.3) is 0 Å². The molecule has 0 fully saturated rings. The molecule has 0 aliphatic rings. The minimum atomic E-state index is 0.113. The van der Waals surface area contributed by atoms with Crippen molar-refractivity contribution in [2.45, 2.75) is 13.3 Å². The van der Waals surface area contributed by atoms with E-state index in [-0.39, 0.29) is 5.57 Å². The lowest BCUT2D eigenvalue weighted by Crippen LogP contribution is -1.94. The molecule has 82 valence electrons. The first kappa shape index (κ1) is 12.0. The SMILES string of the molecule is CCCOc1ccc(/C=C(\C#N)C=O)cc1. The zero-order valence-electron chi connectivity index (χ0n) is 9.14. The van der Waals surface area contributed by atoms with E-state index in [4.69, 9.17) is 10.00 Å². The second-order valence-electron chi connectivity index (χ2n) is 3.25. The van der Waals surface area contributed by atoms with Gasteiger partial charge < -0.3 is 4.74 Å². The second-order valence-corrected chi connectivity index (χ2v) is 3.25. The Labute approximate surface area is 95.0 Å². The molecule has 3 heteroatoms. The number of aldehydes is 1. The second kappa shape index (κ2) is 6.41. The Bertz CT molecular complexity index is 413. The number of allylic oxidation sites excluding steroid dienone is 1. The van der Waals surface area contributed by atoms with Crippen LogP contribution < -0.4 is 4.74 Å². The number of nitriles is 1. The fraction of sp³-hybridized carbons (Fsp3) is 0.231. The van der Waals surface area contributed by atoms with Gasteiger partial charge in [0.1, 0.15) is 11.8 Å². The Hall–Kier alpha value is -2.08. The van der Waals surface area contributed by atoms with Gasteiger partial charge in [-0.15, -0.1) is 0 Å². The highest BCUT2D eigenvalue weighted by molar-refractivity contribution is 5.86. The Kier molecular flexibility index (Phi) is 4.81. The van der Waals surface area contributed by atoms with Gasteiger partial charge in [-0.25, -0.2) is 0 Å². The van der Waals surface area contributed by atoms with E-state index in [0.717, 1.165) is 17.7 Å². The van der Waals surface area contributed by atoms with Crippen LogP contribution >= 0.6 is 0 Å². The number of nitrogens with zero attached hydrogens (tertiary/aromatic N) is 1. The monoisotopic (exact) mass is 215 g/mol. The molecule has 0 aromatic heterocycles. The van der Waals surface area contributed by atoms with Crippen molar-refractivity contribution in [3.63, 3.8) is 0 Å². The first-order valence-corrected chi connectivity index (χ1v) is 5.10. The van der Waals surface area contributed by atoms with E-state index >= 15 is 0 Å². The maximum Gasteiger partial charge on any atom is 0.160 e. The van der Waals surface area contributed by atoms with Gasteiger partial charge in [-0.2, -0.15) is 5.26 Å². The molecule has 0 saturated carbocycles. The van der Waals surface area contributed by atoms with Gasteiger partial charge >= 0.3 is 0 Å². The molecule has 0 heterocycles.